The van der Waals surface area contributed by atoms with E-state index >= 15 is 0 Å². The monoisotopic (exact) mass is 296 g/mol. The van der Waals surface area contributed by atoms with Crippen LogP contribution in [0.1, 0.15) is 22.6 Å². The van der Waals surface area contributed by atoms with Crippen molar-refractivity contribution in [1.82, 2.24) is 4.98 Å². The smallest absolute Gasteiger partial charge is 0.237 e. The molecule has 5 heteroatoms. The Hall–Kier alpha value is -2.24. The third-order valence-electron chi connectivity index (χ3n) is 3.71. The minimum Gasteiger partial charge on any atom is -0.387 e. The van der Waals surface area contributed by atoms with Crippen molar-refractivity contribution in [2.45, 2.75) is 12.0 Å². The fourth-order valence-corrected chi connectivity index (χ4v) is 3.77. The molecular formula is C16H12N2O2S. The minimum absolute atomic E-state index is 0.208. The fourth-order valence-electron chi connectivity index (χ4n) is 2.67. The van der Waals surface area contributed by atoms with Crippen LogP contribution in [0.25, 0.3) is 10.2 Å². The van der Waals surface area contributed by atoms with E-state index in [-0.39, 0.29) is 5.91 Å². The van der Waals surface area contributed by atoms with E-state index in [1.165, 1.54) is 11.3 Å². The number of aliphatic hydroxyl groups excluding tert-OH is 1. The molecular weight excluding hydrogens is 284 g/mol. The molecule has 0 bridgehead atoms. The van der Waals surface area contributed by atoms with Crippen LogP contribution in [0, 0.1) is 0 Å². The standard InChI is InChI=1S/C16H12N2O2S/c19-14-9-5-1-2-6-10(9)17-15(20)13(14)16-18-11-7-3-4-8-12(11)21-16/h1-8,13-14,19H,(H,17,20). The SMILES string of the molecule is O=C1Nc2ccccc2C(O)C1c1nc2ccccc2s1. The molecule has 1 amide bonds. The number of hydrogen-bond donors (Lipinski definition) is 2. The first-order chi connectivity index (χ1) is 10.2. The lowest BCUT2D eigenvalue weighted by Gasteiger charge is -2.28. The molecule has 21 heavy (non-hydrogen) atoms. The third kappa shape index (κ3) is 1.93. The lowest BCUT2D eigenvalue weighted by Crippen LogP contribution is -2.31. The highest BCUT2D eigenvalue weighted by atomic mass is 32.1. The van der Waals surface area contributed by atoms with Crippen molar-refractivity contribution < 1.29 is 9.90 Å². The fraction of sp³-hybridized carbons (Fsp3) is 0.125. The summed E-state index contributed by atoms with van der Waals surface area (Å²) in [7, 11) is 0. The van der Waals surface area contributed by atoms with E-state index in [0.29, 0.717) is 10.7 Å². The second-order valence-corrected chi connectivity index (χ2v) is 6.08. The van der Waals surface area contributed by atoms with Crippen LogP contribution in [0.5, 0.6) is 0 Å². The van der Waals surface area contributed by atoms with Gasteiger partial charge in [0.15, 0.2) is 0 Å². The number of rotatable bonds is 1. The molecule has 4 rings (SSSR count). The Morgan fingerprint density at radius 3 is 2.71 bits per heavy atom. The first kappa shape index (κ1) is 12.5. The van der Waals surface area contributed by atoms with Crippen LogP contribution in [0.15, 0.2) is 48.5 Å². The number of carbonyl (C=O) groups excluding carboxylic acids is 1. The maximum atomic E-state index is 12.3. The summed E-state index contributed by atoms with van der Waals surface area (Å²) in [5.74, 6) is -0.863. The van der Waals surface area contributed by atoms with Gasteiger partial charge in [-0.3, -0.25) is 4.79 Å². The zero-order chi connectivity index (χ0) is 14.4. The average Bonchev–Trinajstić information content (AvgIpc) is 2.90. The van der Waals surface area contributed by atoms with Gasteiger partial charge in [0.1, 0.15) is 10.9 Å². The Labute approximate surface area is 125 Å². The zero-order valence-corrected chi connectivity index (χ0v) is 11.8. The van der Waals surface area contributed by atoms with Gasteiger partial charge in [0.05, 0.1) is 16.3 Å². The van der Waals surface area contributed by atoms with E-state index in [1.807, 2.05) is 42.5 Å². The van der Waals surface area contributed by atoms with Gasteiger partial charge in [-0.1, -0.05) is 30.3 Å². The first-order valence-electron chi connectivity index (χ1n) is 6.67. The Morgan fingerprint density at radius 1 is 1.10 bits per heavy atom. The normalized spacial score (nSPS) is 21.1. The topological polar surface area (TPSA) is 62.2 Å². The van der Waals surface area contributed by atoms with Gasteiger partial charge < -0.3 is 10.4 Å². The molecule has 104 valence electrons. The van der Waals surface area contributed by atoms with E-state index in [0.717, 1.165) is 15.8 Å². The van der Waals surface area contributed by atoms with Crippen LogP contribution < -0.4 is 5.32 Å². The van der Waals surface area contributed by atoms with Crippen molar-refractivity contribution in [2.75, 3.05) is 5.32 Å². The number of aliphatic hydroxyl groups is 1. The van der Waals surface area contributed by atoms with Gasteiger partial charge in [-0.25, -0.2) is 4.98 Å². The van der Waals surface area contributed by atoms with Gasteiger partial charge >= 0.3 is 0 Å². The van der Waals surface area contributed by atoms with Gasteiger partial charge in [-0.2, -0.15) is 0 Å². The van der Waals surface area contributed by atoms with Crippen molar-refractivity contribution >= 4 is 33.1 Å². The number of para-hydroxylation sites is 2. The van der Waals surface area contributed by atoms with Gasteiger partial charge in [-0.15, -0.1) is 11.3 Å². The number of carbonyl (C=O) groups is 1. The molecule has 0 aliphatic carbocycles. The molecule has 1 aliphatic heterocycles. The Bertz CT molecular complexity index is 810. The van der Waals surface area contributed by atoms with Crippen LogP contribution in [-0.4, -0.2) is 16.0 Å². The maximum Gasteiger partial charge on any atom is 0.237 e. The maximum absolute atomic E-state index is 12.3. The van der Waals surface area contributed by atoms with Crippen LogP contribution in [0.2, 0.25) is 0 Å². The van der Waals surface area contributed by atoms with Gasteiger partial charge in [0.2, 0.25) is 5.91 Å². The predicted octanol–water partition coefficient (Wildman–Crippen LogP) is 3.07. The van der Waals surface area contributed by atoms with Gasteiger partial charge in [0, 0.05) is 11.3 Å². The van der Waals surface area contributed by atoms with Crippen LogP contribution in [-0.2, 0) is 4.79 Å². The zero-order valence-electron chi connectivity index (χ0n) is 11.0. The molecule has 2 heterocycles. The van der Waals surface area contributed by atoms with Crippen molar-refractivity contribution in [3.05, 3.63) is 59.1 Å². The van der Waals surface area contributed by atoms with E-state index in [1.54, 1.807) is 6.07 Å². The highest BCUT2D eigenvalue weighted by Gasteiger charge is 2.37. The molecule has 1 aliphatic rings. The Kier molecular flexibility index (Phi) is 2.77. The average molecular weight is 296 g/mol. The summed E-state index contributed by atoms with van der Waals surface area (Å²) in [6.07, 6.45) is -0.865. The summed E-state index contributed by atoms with van der Waals surface area (Å²) in [6.45, 7) is 0. The van der Waals surface area contributed by atoms with Crippen LogP contribution in [0.3, 0.4) is 0 Å². The largest absolute Gasteiger partial charge is 0.387 e. The second kappa shape index (κ2) is 4.65. The molecule has 2 aromatic carbocycles. The summed E-state index contributed by atoms with van der Waals surface area (Å²) >= 11 is 1.45. The third-order valence-corrected chi connectivity index (χ3v) is 4.83. The van der Waals surface area contributed by atoms with Crippen molar-refractivity contribution in [2.24, 2.45) is 0 Å². The molecule has 0 saturated heterocycles. The first-order valence-corrected chi connectivity index (χ1v) is 7.49. The van der Waals surface area contributed by atoms with Gasteiger partial charge in [0.25, 0.3) is 0 Å². The number of nitrogens with zero attached hydrogens (tertiary/aromatic N) is 1. The predicted molar refractivity (Wildman–Crippen MR) is 82.4 cm³/mol. The Balaban J connectivity index is 1.83. The number of amides is 1. The molecule has 2 atom stereocenters. The summed E-state index contributed by atoms with van der Waals surface area (Å²) in [5.41, 5.74) is 2.27. The van der Waals surface area contributed by atoms with Crippen LogP contribution in [0.4, 0.5) is 5.69 Å². The minimum atomic E-state index is -0.865. The van der Waals surface area contributed by atoms with E-state index in [2.05, 4.69) is 10.3 Å². The van der Waals surface area contributed by atoms with Crippen LogP contribution >= 0.6 is 11.3 Å². The quantitative estimate of drug-likeness (QED) is 0.725. The lowest BCUT2D eigenvalue weighted by atomic mass is 9.90. The Morgan fingerprint density at radius 2 is 1.86 bits per heavy atom. The van der Waals surface area contributed by atoms with Crippen molar-refractivity contribution in [3.8, 4) is 0 Å². The molecule has 0 radical (unpaired) electrons. The number of thiazole rings is 1. The summed E-state index contributed by atoms with van der Waals surface area (Å²) in [6, 6.07) is 15.1. The molecule has 0 spiro atoms. The number of benzene rings is 2. The van der Waals surface area contributed by atoms with E-state index < -0.39 is 12.0 Å². The highest BCUT2D eigenvalue weighted by Crippen LogP contribution is 2.41. The molecule has 4 nitrogen and oxygen atoms in total. The highest BCUT2D eigenvalue weighted by molar-refractivity contribution is 7.18. The molecule has 2 unspecified atom stereocenters. The number of aromatic nitrogens is 1. The lowest BCUT2D eigenvalue weighted by molar-refractivity contribution is -0.120. The van der Waals surface area contributed by atoms with Crippen molar-refractivity contribution in [1.29, 1.82) is 0 Å². The molecule has 2 N–H and O–H groups in total. The van der Waals surface area contributed by atoms with E-state index in [9.17, 15) is 9.90 Å². The number of hydrogen-bond acceptors (Lipinski definition) is 4. The molecule has 3 aromatic rings. The molecule has 1 aromatic heterocycles. The second-order valence-electron chi connectivity index (χ2n) is 5.02. The van der Waals surface area contributed by atoms with Gasteiger partial charge in [-0.05, 0) is 18.2 Å². The summed E-state index contributed by atoms with van der Waals surface area (Å²) < 4.78 is 1.02. The number of anilines is 1. The molecule has 0 fully saturated rings. The number of nitrogens with one attached hydrogen (secondary N) is 1. The van der Waals surface area contributed by atoms with Crippen molar-refractivity contribution in [3.63, 3.8) is 0 Å². The van der Waals surface area contributed by atoms with E-state index in [4.69, 9.17) is 0 Å². The number of fused-ring (bicyclic) bond motifs is 2. The summed E-state index contributed by atoms with van der Waals surface area (Å²) in [5, 5.41) is 14.1. The summed E-state index contributed by atoms with van der Waals surface area (Å²) in [4.78, 5) is 16.8. The molecule has 0 saturated carbocycles.